The van der Waals surface area contributed by atoms with E-state index in [0.29, 0.717) is 11.8 Å². The summed E-state index contributed by atoms with van der Waals surface area (Å²) >= 11 is 0. The zero-order valence-electron chi connectivity index (χ0n) is 18.0. The fourth-order valence-corrected chi connectivity index (χ4v) is 3.22. The van der Waals surface area contributed by atoms with Crippen molar-refractivity contribution < 1.29 is 19.7 Å². The van der Waals surface area contributed by atoms with Crippen LogP contribution in [0.2, 0.25) is 0 Å². The van der Waals surface area contributed by atoms with E-state index in [-0.39, 0.29) is 6.61 Å². The average Bonchev–Trinajstić information content (AvgIpc) is 3.09. The molecule has 1 rings (SSSR count). The molecule has 0 bridgehead atoms. The highest BCUT2D eigenvalue weighted by Gasteiger charge is 2.48. The highest BCUT2D eigenvalue weighted by Crippen LogP contribution is 2.32. The average molecular weight is 391 g/mol. The van der Waals surface area contributed by atoms with Crippen molar-refractivity contribution in [3.8, 4) is 0 Å². The zero-order chi connectivity index (χ0) is 21.0. The van der Waals surface area contributed by atoms with Crippen LogP contribution < -0.4 is 0 Å². The number of rotatable bonds is 12. The van der Waals surface area contributed by atoms with Gasteiger partial charge in [0.15, 0.2) is 0 Å². The van der Waals surface area contributed by atoms with Gasteiger partial charge in [0.2, 0.25) is 0 Å². The summed E-state index contributed by atoms with van der Waals surface area (Å²) in [4.78, 5) is 11.8. The molecule has 0 saturated heterocycles. The number of unbranched alkanes of at least 4 members (excludes halogenated alkanes) is 4. The molecule has 0 aliphatic heterocycles. The molecule has 28 heavy (non-hydrogen) atoms. The summed E-state index contributed by atoms with van der Waals surface area (Å²) in [5.41, 5.74) is 1.83. The Morgan fingerprint density at radius 1 is 1.25 bits per heavy atom. The maximum absolute atomic E-state index is 11.8. The number of esters is 1. The Hall–Kier alpha value is -1.61. The number of aliphatic hydroxyl groups is 2. The molecule has 0 spiro atoms. The number of hydrogen-bond acceptors (Lipinski definition) is 4. The third-order valence-corrected chi connectivity index (χ3v) is 5.37. The molecule has 1 aliphatic carbocycles. The van der Waals surface area contributed by atoms with E-state index in [9.17, 15) is 15.0 Å². The Bertz CT molecular complexity index is 592. The van der Waals surface area contributed by atoms with Gasteiger partial charge in [-0.25, -0.2) is 4.79 Å². The van der Waals surface area contributed by atoms with Gasteiger partial charge in [-0.05, 0) is 70.4 Å². The highest BCUT2D eigenvalue weighted by atomic mass is 16.6. The van der Waals surface area contributed by atoms with Crippen LogP contribution in [0.3, 0.4) is 0 Å². The topological polar surface area (TPSA) is 66.8 Å². The fourth-order valence-electron chi connectivity index (χ4n) is 3.22. The van der Waals surface area contributed by atoms with E-state index < -0.39 is 17.2 Å². The fraction of sp³-hybridized carbons (Fsp3) is 0.667. The molecule has 0 aromatic carbocycles. The third kappa shape index (κ3) is 7.43. The minimum absolute atomic E-state index is 0.0968. The van der Waals surface area contributed by atoms with Gasteiger partial charge in [0, 0.05) is 0 Å². The standard InChI is InChI=1S/C24H38O4/c1-5-7-8-9-10-11-15-20-17-14-18-21(20)16-12-13-19-23(3,4)24(26,27)22(25)28-6-2/h11-12,14-15,17,19-21,26-27H,5-10,16,18H2,1-4H3/t13?,20-,21-/m0/s1. The smallest absolute Gasteiger partial charge is 0.367 e. The lowest BCUT2D eigenvalue weighted by Crippen LogP contribution is -2.51. The van der Waals surface area contributed by atoms with Gasteiger partial charge >= 0.3 is 5.97 Å². The van der Waals surface area contributed by atoms with E-state index >= 15 is 0 Å². The quantitative estimate of drug-likeness (QED) is 0.160. The van der Waals surface area contributed by atoms with Crippen molar-refractivity contribution in [2.45, 2.75) is 78.4 Å². The predicted octanol–water partition coefficient (Wildman–Crippen LogP) is 5.08. The molecule has 158 valence electrons. The molecule has 0 saturated carbocycles. The lowest BCUT2D eigenvalue weighted by Gasteiger charge is -2.32. The van der Waals surface area contributed by atoms with E-state index in [2.05, 4.69) is 37.0 Å². The molecule has 0 aromatic heterocycles. The van der Waals surface area contributed by atoms with Gasteiger partial charge < -0.3 is 14.9 Å². The second kappa shape index (κ2) is 12.1. The Labute approximate surface area is 170 Å². The van der Waals surface area contributed by atoms with Crippen molar-refractivity contribution in [1.29, 1.82) is 0 Å². The maximum atomic E-state index is 11.8. The van der Waals surface area contributed by atoms with Crippen LogP contribution >= 0.6 is 0 Å². The van der Waals surface area contributed by atoms with Gasteiger partial charge in [-0.15, -0.1) is 5.73 Å². The Morgan fingerprint density at radius 2 is 2.00 bits per heavy atom. The van der Waals surface area contributed by atoms with Crippen LogP contribution in [0, 0.1) is 17.3 Å². The van der Waals surface area contributed by atoms with Gasteiger partial charge in [0.05, 0.1) is 12.0 Å². The highest BCUT2D eigenvalue weighted by molar-refractivity contribution is 5.78. The Balaban J connectivity index is 2.58. The molecule has 0 unspecified atom stereocenters. The van der Waals surface area contributed by atoms with Crippen LogP contribution in [0.25, 0.3) is 0 Å². The van der Waals surface area contributed by atoms with Crippen LogP contribution in [-0.2, 0) is 9.53 Å². The molecular formula is C24H38O4. The maximum Gasteiger partial charge on any atom is 0.367 e. The lowest BCUT2D eigenvalue weighted by atomic mass is 9.83. The Morgan fingerprint density at radius 3 is 2.68 bits per heavy atom. The zero-order valence-corrected chi connectivity index (χ0v) is 18.0. The van der Waals surface area contributed by atoms with Crippen molar-refractivity contribution in [3.05, 3.63) is 42.2 Å². The first-order chi connectivity index (χ1) is 13.3. The van der Waals surface area contributed by atoms with E-state index in [1.807, 2.05) is 6.08 Å². The molecule has 2 N–H and O–H groups in total. The van der Waals surface area contributed by atoms with Crippen LogP contribution in [-0.4, -0.2) is 28.6 Å². The molecular weight excluding hydrogens is 352 g/mol. The monoisotopic (exact) mass is 390 g/mol. The number of hydrogen-bond donors (Lipinski definition) is 2. The minimum atomic E-state index is -2.58. The summed E-state index contributed by atoms with van der Waals surface area (Å²) in [5, 5.41) is 20.3. The first kappa shape index (κ1) is 24.4. The summed E-state index contributed by atoms with van der Waals surface area (Å²) in [6, 6.07) is 0. The van der Waals surface area contributed by atoms with Gasteiger partial charge in [-0.3, -0.25) is 0 Å². The van der Waals surface area contributed by atoms with Crippen LogP contribution in [0.5, 0.6) is 0 Å². The Kier molecular flexibility index (Phi) is 10.5. The second-order valence-electron chi connectivity index (χ2n) is 8.14. The van der Waals surface area contributed by atoms with Crippen molar-refractivity contribution in [2.75, 3.05) is 6.61 Å². The summed E-state index contributed by atoms with van der Waals surface area (Å²) in [6.45, 7) is 7.10. The summed E-state index contributed by atoms with van der Waals surface area (Å²) < 4.78 is 4.75. The minimum Gasteiger partial charge on any atom is -0.462 e. The normalized spacial score (nSPS) is 19.6. The van der Waals surface area contributed by atoms with Crippen LogP contribution in [0.15, 0.2) is 42.2 Å². The van der Waals surface area contributed by atoms with Crippen LogP contribution in [0.4, 0.5) is 0 Å². The van der Waals surface area contributed by atoms with Gasteiger partial charge in [-0.1, -0.05) is 50.5 Å². The van der Waals surface area contributed by atoms with Gasteiger partial charge in [0.25, 0.3) is 5.79 Å². The van der Waals surface area contributed by atoms with Gasteiger partial charge in [0.1, 0.15) is 0 Å². The third-order valence-electron chi connectivity index (χ3n) is 5.37. The molecule has 0 aromatic rings. The number of carbonyl (C=O) groups is 1. The van der Waals surface area contributed by atoms with E-state index in [1.165, 1.54) is 31.8 Å². The molecule has 0 amide bonds. The molecule has 4 heteroatoms. The largest absolute Gasteiger partial charge is 0.462 e. The van der Waals surface area contributed by atoms with Crippen molar-refractivity contribution in [3.63, 3.8) is 0 Å². The molecule has 2 atom stereocenters. The number of allylic oxidation sites excluding steroid dienone is 4. The summed E-state index contributed by atoms with van der Waals surface area (Å²) in [7, 11) is 0. The van der Waals surface area contributed by atoms with E-state index in [4.69, 9.17) is 4.74 Å². The lowest BCUT2D eigenvalue weighted by molar-refractivity contribution is -0.237. The SMILES string of the molecule is CCCCCCC=C[C@H]1C=CC[C@@H]1CC=C=CC(C)(C)C(O)(O)C(=O)OCC. The number of carbonyl (C=O) groups excluding carboxylic acids is 1. The van der Waals surface area contributed by atoms with Crippen LogP contribution in [0.1, 0.15) is 72.6 Å². The molecule has 0 heterocycles. The van der Waals surface area contributed by atoms with Gasteiger partial charge in [-0.2, -0.15) is 0 Å². The number of ether oxygens (including phenoxy) is 1. The molecule has 0 fully saturated rings. The molecule has 4 nitrogen and oxygen atoms in total. The predicted molar refractivity (Wildman–Crippen MR) is 113 cm³/mol. The summed E-state index contributed by atoms with van der Waals surface area (Å²) in [6.07, 6.45) is 20.7. The first-order valence-electron chi connectivity index (χ1n) is 10.6. The van der Waals surface area contributed by atoms with E-state index in [0.717, 1.165) is 19.3 Å². The van der Waals surface area contributed by atoms with Crippen molar-refractivity contribution in [1.82, 2.24) is 0 Å². The molecule has 1 aliphatic rings. The second-order valence-corrected chi connectivity index (χ2v) is 8.14. The molecule has 0 radical (unpaired) electrons. The first-order valence-corrected chi connectivity index (χ1v) is 10.6. The summed E-state index contributed by atoms with van der Waals surface area (Å²) in [5.74, 6) is -2.66. The van der Waals surface area contributed by atoms with E-state index in [1.54, 1.807) is 20.8 Å². The van der Waals surface area contributed by atoms with Crippen molar-refractivity contribution in [2.24, 2.45) is 17.3 Å². The van der Waals surface area contributed by atoms with Crippen molar-refractivity contribution >= 4 is 5.97 Å².